The van der Waals surface area contributed by atoms with Gasteiger partial charge in [0.05, 0.1) is 32.0 Å². The molecule has 1 amide bonds. The molecule has 6 nitrogen and oxygen atoms in total. The number of aliphatic hydroxyl groups is 2. The zero-order valence-electron chi connectivity index (χ0n) is 18.7. The van der Waals surface area contributed by atoms with Crippen LogP contribution in [0.1, 0.15) is 84.0 Å². The summed E-state index contributed by atoms with van der Waals surface area (Å²) in [7, 11) is 1.56. The maximum atomic E-state index is 11.7. The summed E-state index contributed by atoms with van der Waals surface area (Å²) in [5.74, 6) is -0.363. The highest BCUT2D eigenvalue weighted by Gasteiger charge is 2.18. The zero-order valence-corrected chi connectivity index (χ0v) is 18.7. The quantitative estimate of drug-likeness (QED) is 0.196. The third-order valence-corrected chi connectivity index (χ3v) is 4.93. The number of aliphatic hydroxyl groups excluding tert-OH is 2. The van der Waals surface area contributed by atoms with Gasteiger partial charge in [0, 0.05) is 7.11 Å². The van der Waals surface area contributed by atoms with E-state index in [1.807, 2.05) is 6.08 Å². The number of amides is 1. The molecule has 0 aliphatic rings. The molecule has 0 aliphatic heterocycles. The van der Waals surface area contributed by atoms with Crippen LogP contribution in [0.15, 0.2) is 12.2 Å². The summed E-state index contributed by atoms with van der Waals surface area (Å²) < 4.78 is 9.96. The first-order valence-corrected chi connectivity index (χ1v) is 11.5. The van der Waals surface area contributed by atoms with E-state index in [1.165, 1.54) is 64.2 Å². The zero-order chi connectivity index (χ0) is 21.6. The van der Waals surface area contributed by atoms with E-state index < -0.39 is 12.1 Å². The number of unbranched alkanes of at least 4 members (excludes halogenated alkanes) is 11. The second kappa shape index (κ2) is 21.8. The molecule has 3 N–H and O–H groups in total. The number of allylic oxidation sites excluding steroid dienone is 1. The number of rotatable bonds is 21. The van der Waals surface area contributed by atoms with E-state index in [9.17, 15) is 15.0 Å². The van der Waals surface area contributed by atoms with Crippen LogP contribution in [-0.2, 0) is 14.3 Å². The van der Waals surface area contributed by atoms with E-state index in [1.54, 1.807) is 13.2 Å². The summed E-state index contributed by atoms with van der Waals surface area (Å²) in [5, 5.41) is 22.1. The molecular weight excluding hydrogens is 370 g/mol. The number of methoxy groups -OCH3 is 1. The number of carbonyl (C=O) groups excluding carboxylic acids is 1. The molecule has 0 aromatic carbocycles. The molecule has 0 aliphatic carbocycles. The number of hydrogen-bond donors (Lipinski definition) is 3. The molecule has 6 heteroatoms. The van der Waals surface area contributed by atoms with Gasteiger partial charge in [-0.1, -0.05) is 83.3 Å². The highest BCUT2D eigenvalue weighted by atomic mass is 16.5. The van der Waals surface area contributed by atoms with Crippen molar-refractivity contribution in [2.24, 2.45) is 0 Å². The van der Waals surface area contributed by atoms with Gasteiger partial charge in [0.1, 0.15) is 6.61 Å². The molecule has 0 unspecified atom stereocenters. The Morgan fingerprint density at radius 1 is 0.966 bits per heavy atom. The van der Waals surface area contributed by atoms with Crippen LogP contribution in [0.25, 0.3) is 0 Å². The first kappa shape index (κ1) is 28.1. The molecule has 29 heavy (non-hydrogen) atoms. The van der Waals surface area contributed by atoms with Crippen LogP contribution in [0, 0.1) is 0 Å². The van der Waals surface area contributed by atoms with Gasteiger partial charge in [-0.3, -0.25) is 4.79 Å². The topological polar surface area (TPSA) is 88.0 Å². The van der Waals surface area contributed by atoms with Gasteiger partial charge in [0.15, 0.2) is 0 Å². The van der Waals surface area contributed by atoms with Crippen molar-refractivity contribution in [2.45, 2.75) is 96.1 Å². The minimum atomic E-state index is -0.907. The number of nitrogens with one attached hydrogen (secondary N) is 1. The van der Waals surface area contributed by atoms with Crippen molar-refractivity contribution < 1.29 is 24.5 Å². The fourth-order valence-electron chi connectivity index (χ4n) is 3.09. The Morgan fingerprint density at radius 2 is 1.55 bits per heavy atom. The van der Waals surface area contributed by atoms with Crippen molar-refractivity contribution in [3.63, 3.8) is 0 Å². The van der Waals surface area contributed by atoms with Gasteiger partial charge < -0.3 is 25.0 Å². The first-order valence-electron chi connectivity index (χ1n) is 11.5. The highest BCUT2D eigenvalue weighted by Crippen LogP contribution is 2.12. The van der Waals surface area contributed by atoms with Crippen LogP contribution < -0.4 is 5.32 Å². The molecule has 0 saturated carbocycles. The second-order valence-electron chi connectivity index (χ2n) is 7.64. The lowest BCUT2D eigenvalue weighted by molar-refractivity contribution is -0.127. The van der Waals surface area contributed by atoms with Crippen molar-refractivity contribution in [1.29, 1.82) is 0 Å². The van der Waals surface area contributed by atoms with Crippen molar-refractivity contribution in [2.75, 3.05) is 33.5 Å². The SMILES string of the molecule is CCCCCCCCCCCCC/C=C/[C@@H](O)[C@H](CO)NC(=O)COCCOC. The maximum absolute atomic E-state index is 11.7. The average molecular weight is 416 g/mol. The second-order valence-corrected chi connectivity index (χ2v) is 7.64. The van der Waals surface area contributed by atoms with Crippen LogP contribution >= 0.6 is 0 Å². The van der Waals surface area contributed by atoms with Gasteiger partial charge in [-0.05, 0) is 12.8 Å². The summed E-state index contributed by atoms with van der Waals surface area (Å²) in [4.78, 5) is 11.7. The molecule has 0 fully saturated rings. The molecule has 0 aromatic heterocycles. The van der Waals surface area contributed by atoms with Gasteiger partial charge in [-0.15, -0.1) is 0 Å². The Labute approximate surface area is 178 Å². The number of hydrogen-bond acceptors (Lipinski definition) is 5. The van der Waals surface area contributed by atoms with Gasteiger partial charge in [-0.2, -0.15) is 0 Å². The van der Waals surface area contributed by atoms with E-state index in [0.717, 1.165) is 12.8 Å². The molecule has 0 heterocycles. The van der Waals surface area contributed by atoms with Crippen molar-refractivity contribution in [1.82, 2.24) is 5.32 Å². The van der Waals surface area contributed by atoms with Gasteiger partial charge in [0.25, 0.3) is 0 Å². The van der Waals surface area contributed by atoms with E-state index in [2.05, 4.69) is 12.2 Å². The molecule has 0 bridgehead atoms. The summed E-state index contributed by atoms with van der Waals surface area (Å²) >= 11 is 0. The summed E-state index contributed by atoms with van der Waals surface area (Å²) in [6.07, 6.45) is 18.0. The molecule has 0 rings (SSSR count). The van der Waals surface area contributed by atoms with Gasteiger partial charge in [-0.25, -0.2) is 0 Å². The van der Waals surface area contributed by atoms with Crippen LogP contribution in [0.5, 0.6) is 0 Å². The fourth-order valence-corrected chi connectivity index (χ4v) is 3.09. The summed E-state index contributed by atoms with van der Waals surface area (Å²) in [6.45, 7) is 2.56. The van der Waals surface area contributed by atoms with E-state index in [4.69, 9.17) is 9.47 Å². The molecule has 0 radical (unpaired) electrons. The molecule has 0 saturated heterocycles. The first-order chi connectivity index (χ1) is 14.2. The van der Waals surface area contributed by atoms with Crippen LogP contribution in [0.2, 0.25) is 0 Å². The summed E-state index contributed by atoms with van der Waals surface area (Å²) in [6, 6.07) is -0.720. The Hall–Kier alpha value is -0.950. The fraction of sp³-hybridized carbons (Fsp3) is 0.870. The van der Waals surface area contributed by atoms with Gasteiger partial charge >= 0.3 is 0 Å². The predicted molar refractivity (Wildman–Crippen MR) is 118 cm³/mol. The molecule has 2 atom stereocenters. The lowest BCUT2D eigenvalue weighted by atomic mass is 10.0. The molecular formula is C23H45NO5. The average Bonchev–Trinajstić information content (AvgIpc) is 2.72. The lowest BCUT2D eigenvalue weighted by Gasteiger charge is -2.19. The Kier molecular flexibility index (Phi) is 21.0. The lowest BCUT2D eigenvalue weighted by Crippen LogP contribution is -2.46. The smallest absolute Gasteiger partial charge is 0.246 e. The largest absolute Gasteiger partial charge is 0.394 e. The number of ether oxygens (including phenoxy) is 2. The van der Waals surface area contributed by atoms with E-state index >= 15 is 0 Å². The highest BCUT2D eigenvalue weighted by molar-refractivity contribution is 5.77. The van der Waals surface area contributed by atoms with Crippen molar-refractivity contribution in [3.8, 4) is 0 Å². The Morgan fingerprint density at radius 3 is 2.10 bits per heavy atom. The standard InChI is InChI=1S/C23H45NO5/c1-3-4-5-6-7-8-9-10-11-12-13-14-15-16-22(26)21(19-25)24-23(27)20-29-18-17-28-2/h15-16,21-22,25-26H,3-14,17-20H2,1-2H3,(H,24,27)/b16-15+/t21-,22+/m0/s1. The third-order valence-electron chi connectivity index (χ3n) is 4.93. The predicted octanol–water partition coefficient (Wildman–Crippen LogP) is 3.74. The molecule has 172 valence electrons. The van der Waals surface area contributed by atoms with Crippen LogP contribution in [0.4, 0.5) is 0 Å². The van der Waals surface area contributed by atoms with E-state index in [0.29, 0.717) is 13.2 Å². The monoisotopic (exact) mass is 415 g/mol. The Balaban J connectivity index is 3.68. The van der Waals surface area contributed by atoms with Crippen molar-refractivity contribution in [3.05, 3.63) is 12.2 Å². The van der Waals surface area contributed by atoms with Crippen LogP contribution in [-0.4, -0.2) is 61.8 Å². The van der Waals surface area contributed by atoms with Gasteiger partial charge in [0.2, 0.25) is 5.91 Å². The molecule has 0 spiro atoms. The normalized spacial score (nSPS) is 13.7. The summed E-state index contributed by atoms with van der Waals surface area (Å²) in [5.41, 5.74) is 0. The third kappa shape index (κ3) is 18.8. The number of carbonyl (C=O) groups is 1. The maximum Gasteiger partial charge on any atom is 0.246 e. The van der Waals surface area contributed by atoms with Crippen LogP contribution in [0.3, 0.4) is 0 Å². The molecule has 0 aromatic rings. The minimum absolute atomic E-state index is 0.116. The van der Waals surface area contributed by atoms with Crippen molar-refractivity contribution >= 4 is 5.91 Å². The Bertz CT molecular complexity index is 389. The minimum Gasteiger partial charge on any atom is -0.394 e. The van der Waals surface area contributed by atoms with E-state index in [-0.39, 0.29) is 19.1 Å².